The Morgan fingerprint density at radius 1 is 1.55 bits per heavy atom. The molecule has 3 N–H and O–H groups in total. The molecule has 0 amide bonds. The standard InChI is InChI=1S/C8H11BrN2/c1-6-4-7(5-9)2-3-8(6)11-10/h2-4,11H,5,10H2,1H3. The molecule has 1 rings (SSSR count). The van der Waals surface area contributed by atoms with E-state index in [1.807, 2.05) is 19.1 Å². The van der Waals surface area contributed by atoms with Crippen LogP contribution < -0.4 is 11.3 Å². The summed E-state index contributed by atoms with van der Waals surface area (Å²) in [5.41, 5.74) is 6.05. The Morgan fingerprint density at radius 3 is 2.73 bits per heavy atom. The van der Waals surface area contributed by atoms with Gasteiger partial charge in [-0.3, -0.25) is 5.84 Å². The Bertz CT molecular complexity index is 248. The van der Waals surface area contributed by atoms with Crippen LogP contribution in [0.5, 0.6) is 0 Å². The molecule has 60 valence electrons. The number of nitrogen functional groups attached to an aromatic ring is 1. The Labute approximate surface area is 74.9 Å². The summed E-state index contributed by atoms with van der Waals surface area (Å²) < 4.78 is 0. The molecule has 1 aromatic rings. The first-order chi connectivity index (χ1) is 5.27. The predicted octanol–water partition coefficient (Wildman–Crippen LogP) is 2.18. The van der Waals surface area contributed by atoms with Gasteiger partial charge in [-0.05, 0) is 24.1 Å². The molecule has 11 heavy (non-hydrogen) atoms. The van der Waals surface area contributed by atoms with Gasteiger partial charge in [-0.25, -0.2) is 0 Å². The van der Waals surface area contributed by atoms with E-state index in [0.29, 0.717) is 0 Å². The first kappa shape index (κ1) is 8.56. The van der Waals surface area contributed by atoms with Crippen molar-refractivity contribution in [3.63, 3.8) is 0 Å². The van der Waals surface area contributed by atoms with Crippen molar-refractivity contribution < 1.29 is 0 Å². The Hall–Kier alpha value is -0.540. The zero-order valence-corrected chi connectivity index (χ0v) is 7.98. The summed E-state index contributed by atoms with van der Waals surface area (Å²) in [6.07, 6.45) is 0. The average Bonchev–Trinajstić information content (AvgIpc) is 2.04. The molecular weight excluding hydrogens is 204 g/mol. The molecule has 0 saturated heterocycles. The molecule has 0 atom stereocenters. The summed E-state index contributed by atoms with van der Waals surface area (Å²) in [6, 6.07) is 6.12. The summed E-state index contributed by atoms with van der Waals surface area (Å²) >= 11 is 3.39. The zero-order chi connectivity index (χ0) is 8.27. The van der Waals surface area contributed by atoms with Gasteiger partial charge in [0.05, 0.1) is 5.69 Å². The minimum absolute atomic E-state index is 0.888. The van der Waals surface area contributed by atoms with Crippen LogP contribution in [0.3, 0.4) is 0 Å². The second-order valence-corrected chi connectivity index (χ2v) is 2.99. The lowest BCUT2D eigenvalue weighted by Crippen LogP contribution is -2.07. The van der Waals surface area contributed by atoms with E-state index in [2.05, 4.69) is 27.4 Å². The van der Waals surface area contributed by atoms with E-state index in [0.717, 1.165) is 11.0 Å². The van der Waals surface area contributed by atoms with Gasteiger partial charge >= 0.3 is 0 Å². The number of benzene rings is 1. The largest absolute Gasteiger partial charge is 0.324 e. The molecule has 0 saturated carbocycles. The van der Waals surface area contributed by atoms with E-state index in [1.54, 1.807) is 0 Å². The smallest absolute Gasteiger partial charge is 0.0514 e. The highest BCUT2D eigenvalue weighted by Gasteiger charge is 1.95. The van der Waals surface area contributed by atoms with Gasteiger partial charge in [-0.1, -0.05) is 28.1 Å². The molecule has 0 aliphatic carbocycles. The second-order valence-electron chi connectivity index (χ2n) is 2.43. The van der Waals surface area contributed by atoms with Crippen molar-refractivity contribution in [1.82, 2.24) is 0 Å². The van der Waals surface area contributed by atoms with Crippen LogP contribution in [0.2, 0.25) is 0 Å². The molecule has 0 heterocycles. The summed E-state index contributed by atoms with van der Waals surface area (Å²) in [6.45, 7) is 2.03. The number of hydrazine groups is 1. The number of hydrogen-bond acceptors (Lipinski definition) is 2. The van der Waals surface area contributed by atoms with Crippen LogP contribution in [-0.4, -0.2) is 0 Å². The van der Waals surface area contributed by atoms with Crippen LogP contribution in [0.15, 0.2) is 18.2 Å². The number of nitrogens with one attached hydrogen (secondary N) is 1. The van der Waals surface area contributed by atoms with Crippen molar-refractivity contribution in [2.24, 2.45) is 5.84 Å². The molecule has 0 aromatic heterocycles. The highest BCUT2D eigenvalue weighted by Crippen LogP contribution is 2.16. The lowest BCUT2D eigenvalue weighted by atomic mass is 10.1. The highest BCUT2D eigenvalue weighted by molar-refractivity contribution is 9.08. The minimum Gasteiger partial charge on any atom is -0.324 e. The van der Waals surface area contributed by atoms with Crippen molar-refractivity contribution in [3.05, 3.63) is 29.3 Å². The second kappa shape index (κ2) is 3.74. The topological polar surface area (TPSA) is 38.0 Å². The lowest BCUT2D eigenvalue weighted by Gasteiger charge is -2.05. The molecule has 0 unspecified atom stereocenters. The first-order valence-electron chi connectivity index (χ1n) is 3.40. The van der Waals surface area contributed by atoms with Crippen molar-refractivity contribution >= 4 is 21.6 Å². The van der Waals surface area contributed by atoms with Gasteiger partial charge in [0.1, 0.15) is 0 Å². The third-order valence-electron chi connectivity index (χ3n) is 1.60. The molecule has 0 bridgehead atoms. The van der Waals surface area contributed by atoms with Gasteiger partial charge in [0.2, 0.25) is 0 Å². The van der Waals surface area contributed by atoms with Crippen molar-refractivity contribution in [2.45, 2.75) is 12.3 Å². The molecule has 0 aliphatic heterocycles. The third kappa shape index (κ3) is 1.94. The number of rotatable bonds is 2. The average molecular weight is 215 g/mol. The molecular formula is C8H11BrN2. The molecule has 0 aliphatic rings. The van der Waals surface area contributed by atoms with Gasteiger partial charge in [-0.2, -0.15) is 0 Å². The fourth-order valence-corrected chi connectivity index (χ4v) is 1.32. The van der Waals surface area contributed by atoms with E-state index >= 15 is 0 Å². The summed E-state index contributed by atoms with van der Waals surface area (Å²) in [7, 11) is 0. The molecule has 1 aromatic carbocycles. The van der Waals surface area contributed by atoms with Gasteiger partial charge in [-0.15, -0.1) is 0 Å². The maximum atomic E-state index is 5.28. The molecule has 2 nitrogen and oxygen atoms in total. The maximum absolute atomic E-state index is 5.28. The monoisotopic (exact) mass is 214 g/mol. The molecule has 0 radical (unpaired) electrons. The van der Waals surface area contributed by atoms with Crippen LogP contribution in [-0.2, 0) is 5.33 Å². The molecule has 3 heteroatoms. The fraction of sp³-hybridized carbons (Fsp3) is 0.250. The number of alkyl halides is 1. The van der Waals surface area contributed by atoms with Crippen LogP contribution in [0.4, 0.5) is 5.69 Å². The van der Waals surface area contributed by atoms with E-state index in [-0.39, 0.29) is 0 Å². The van der Waals surface area contributed by atoms with Gasteiger partial charge in [0.15, 0.2) is 0 Å². The molecule has 0 spiro atoms. The molecule has 0 fully saturated rings. The number of halogens is 1. The zero-order valence-electron chi connectivity index (χ0n) is 6.39. The number of aryl methyl sites for hydroxylation is 1. The first-order valence-corrected chi connectivity index (χ1v) is 4.52. The Morgan fingerprint density at radius 2 is 2.27 bits per heavy atom. The SMILES string of the molecule is Cc1cc(CBr)ccc1NN. The summed E-state index contributed by atoms with van der Waals surface area (Å²) in [5, 5.41) is 0.888. The number of hydrogen-bond donors (Lipinski definition) is 2. The normalized spacial score (nSPS) is 9.73. The van der Waals surface area contributed by atoms with Gasteiger partial charge in [0, 0.05) is 5.33 Å². The van der Waals surface area contributed by atoms with E-state index in [1.165, 1.54) is 11.1 Å². The summed E-state index contributed by atoms with van der Waals surface area (Å²) in [4.78, 5) is 0. The van der Waals surface area contributed by atoms with E-state index < -0.39 is 0 Å². The van der Waals surface area contributed by atoms with E-state index in [9.17, 15) is 0 Å². The highest BCUT2D eigenvalue weighted by atomic mass is 79.9. The van der Waals surface area contributed by atoms with Crippen LogP contribution in [0, 0.1) is 6.92 Å². The third-order valence-corrected chi connectivity index (χ3v) is 2.25. The Balaban J connectivity index is 2.99. The van der Waals surface area contributed by atoms with Crippen LogP contribution in [0.25, 0.3) is 0 Å². The fourth-order valence-electron chi connectivity index (χ4n) is 0.971. The quantitative estimate of drug-likeness (QED) is 0.450. The number of anilines is 1. The van der Waals surface area contributed by atoms with Crippen molar-refractivity contribution in [3.8, 4) is 0 Å². The van der Waals surface area contributed by atoms with Gasteiger partial charge in [0.25, 0.3) is 0 Å². The predicted molar refractivity (Wildman–Crippen MR) is 51.6 cm³/mol. The van der Waals surface area contributed by atoms with Crippen LogP contribution >= 0.6 is 15.9 Å². The maximum Gasteiger partial charge on any atom is 0.0514 e. The summed E-state index contributed by atoms with van der Waals surface area (Å²) in [5.74, 6) is 5.28. The Kier molecular flexibility index (Phi) is 2.91. The van der Waals surface area contributed by atoms with Crippen LogP contribution in [0.1, 0.15) is 11.1 Å². The van der Waals surface area contributed by atoms with Gasteiger partial charge < -0.3 is 5.43 Å². The lowest BCUT2D eigenvalue weighted by molar-refractivity contribution is 1.28. The van der Waals surface area contributed by atoms with Crippen molar-refractivity contribution in [1.29, 1.82) is 0 Å². The van der Waals surface area contributed by atoms with E-state index in [4.69, 9.17) is 5.84 Å². The van der Waals surface area contributed by atoms with Crippen molar-refractivity contribution in [2.75, 3.05) is 5.43 Å². The minimum atomic E-state index is 0.888. The number of nitrogens with two attached hydrogens (primary N) is 1.